The highest BCUT2D eigenvalue weighted by molar-refractivity contribution is 5.94. The summed E-state index contributed by atoms with van der Waals surface area (Å²) in [6, 6.07) is -4.16. The van der Waals surface area contributed by atoms with Gasteiger partial charge in [0.15, 0.2) is 0 Å². The second-order valence-corrected chi connectivity index (χ2v) is 6.89. The van der Waals surface area contributed by atoms with E-state index in [4.69, 9.17) is 15.9 Å². The fourth-order valence-corrected chi connectivity index (χ4v) is 3.06. The van der Waals surface area contributed by atoms with E-state index in [0.717, 1.165) is 0 Å². The van der Waals surface area contributed by atoms with Crippen molar-refractivity contribution in [3.05, 3.63) is 18.2 Å². The van der Waals surface area contributed by atoms with E-state index in [1.54, 1.807) is 0 Å². The second kappa shape index (κ2) is 9.98. The number of nitrogens with zero attached hydrogens (tertiary/aromatic N) is 2. The Morgan fingerprint density at radius 3 is 2.69 bits per heavy atom. The van der Waals surface area contributed by atoms with Gasteiger partial charge >= 0.3 is 5.97 Å². The van der Waals surface area contributed by atoms with Gasteiger partial charge in [0.2, 0.25) is 17.7 Å². The number of carbonyl (C=O) groups excluding carboxylic acids is 3. The Bertz CT molecular complexity index is 739. The number of likely N-dealkylation sites (tertiary alicyclic amines) is 1. The maximum absolute atomic E-state index is 12.8. The zero-order valence-corrected chi connectivity index (χ0v) is 16.0. The molecule has 1 aliphatic rings. The smallest absolute Gasteiger partial charge is 0.325 e. The Labute approximate surface area is 166 Å². The van der Waals surface area contributed by atoms with Gasteiger partial charge in [0, 0.05) is 24.9 Å². The van der Waals surface area contributed by atoms with E-state index in [1.807, 2.05) is 0 Å². The number of hydrogen-bond donors (Lipinski definition) is 6. The minimum atomic E-state index is -1.21. The SMILES string of the molecule is CC(NC(=O)C(Cc1cnc[nH]1)NC(=O)C1CCCN1C(=O)C(N)CO)C(=O)O. The van der Waals surface area contributed by atoms with Crippen molar-refractivity contribution in [1.82, 2.24) is 25.5 Å². The fraction of sp³-hybridized carbons (Fsp3) is 0.588. The number of nitrogens with one attached hydrogen (secondary N) is 3. The van der Waals surface area contributed by atoms with Gasteiger partial charge in [-0.3, -0.25) is 19.2 Å². The minimum Gasteiger partial charge on any atom is -0.480 e. The van der Waals surface area contributed by atoms with E-state index >= 15 is 0 Å². The Morgan fingerprint density at radius 2 is 2.10 bits per heavy atom. The van der Waals surface area contributed by atoms with Crippen LogP contribution in [0, 0.1) is 0 Å². The molecule has 0 spiro atoms. The van der Waals surface area contributed by atoms with E-state index in [9.17, 15) is 19.2 Å². The topological polar surface area (TPSA) is 191 Å². The number of aliphatic hydroxyl groups excluding tert-OH is 1. The molecule has 0 aromatic carbocycles. The highest BCUT2D eigenvalue weighted by atomic mass is 16.4. The lowest BCUT2D eigenvalue weighted by molar-refractivity contribution is -0.142. The van der Waals surface area contributed by atoms with Crippen molar-refractivity contribution in [1.29, 1.82) is 0 Å². The molecule has 160 valence electrons. The molecule has 1 saturated heterocycles. The predicted molar refractivity (Wildman–Crippen MR) is 99.3 cm³/mol. The lowest BCUT2D eigenvalue weighted by Gasteiger charge is -2.28. The van der Waals surface area contributed by atoms with E-state index in [0.29, 0.717) is 25.1 Å². The molecule has 7 N–H and O–H groups in total. The Kier molecular flexibility index (Phi) is 7.67. The number of amides is 3. The molecule has 12 heteroatoms. The average Bonchev–Trinajstić information content (AvgIpc) is 3.37. The number of aliphatic hydroxyl groups is 1. The number of carbonyl (C=O) groups is 4. The van der Waals surface area contributed by atoms with Gasteiger partial charge in [-0.05, 0) is 19.8 Å². The molecular weight excluding hydrogens is 384 g/mol. The van der Waals surface area contributed by atoms with Gasteiger partial charge in [0.05, 0.1) is 12.9 Å². The molecule has 0 radical (unpaired) electrons. The van der Waals surface area contributed by atoms with Crippen molar-refractivity contribution in [3.63, 3.8) is 0 Å². The zero-order chi connectivity index (χ0) is 21.6. The highest BCUT2D eigenvalue weighted by Gasteiger charge is 2.37. The van der Waals surface area contributed by atoms with Crippen LogP contribution < -0.4 is 16.4 Å². The first-order chi connectivity index (χ1) is 13.7. The van der Waals surface area contributed by atoms with Crippen LogP contribution in [0.25, 0.3) is 0 Å². The predicted octanol–water partition coefficient (Wildman–Crippen LogP) is -2.66. The molecule has 0 bridgehead atoms. The Balaban J connectivity index is 2.12. The molecule has 1 aromatic rings. The van der Waals surface area contributed by atoms with Crippen molar-refractivity contribution in [3.8, 4) is 0 Å². The van der Waals surface area contributed by atoms with Crippen LogP contribution in [0.1, 0.15) is 25.5 Å². The van der Waals surface area contributed by atoms with Crippen molar-refractivity contribution in [2.75, 3.05) is 13.2 Å². The molecule has 4 unspecified atom stereocenters. The summed E-state index contributed by atoms with van der Waals surface area (Å²) in [5.74, 6) is -2.98. The number of aromatic amines is 1. The van der Waals surface area contributed by atoms with Gasteiger partial charge in [0.25, 0.3) is 0 Å². The second-order valence-electron chi connectivity index (χ2n) is 6.89. The van der Waals surface area contributed by atoms with Crippen LogP contribution in [0.3, 0.4) is 0 Å². The number of rotatable bonds is 9. The number of carboxylic acids is 1. The molecule has 4 atom stereocenters. The average molecular weight is 410 g/mol. The van der Waals surface area contributed by atoms with Crippen LogP contribution in [-0.2, 0) is 25.6 Å². The van der Waals surface area contributed by atoms with E-state index in [2.05, 4.69) is 20.6 Å². The van der Waals surface area contributed by atoms with Crippen LogP contribution in [0.5, 0.6) is 0 Å². The van der Waals surface area contributed by atoms with Gasteiger partial charge in [-0.1, -0.05) is 0 Å². The first-order valence-corrected chi connectivity index (χ1v) is 9.22. The summed E-state index contributed by atoms with van der Waals surface area (Å²) in [6.45, 7) is 1.09. The number of imidazole rings is 1. The number of nitrogens with two attached hydrogens (primary N) is 1. The van der Waals surface area contributed by atoms with Gasteiger partial charge in [0.1, 0.15) is 24.2 Å². The summed E-state index contributed by atoms with van der Waals surface area (Å²) in [5, 5.41) is 23.0. The number of aromatic nitrogens is 2. The number of aliphatic carboxylic acids is 1. The Morgan fingerprint density at radius 1 is 1.38 bits per heavy atom. The third kappa shape index (κ3) is 5.74. The van der Waals surface area contributed by atoms with Crippen molar-refractivity contribution < 1.29 is 29.4 Å². The molecule has 29 heavy (non-hydrogen) atoms. The third-order valence-corrected chi connectivity index (χ3v) is 4.69. The molecule has 1 aliphatic heterocycles. The third-order valence-electron chi connectivity index (χ3n) is 4.69. The molecule has 1 aromatic heterocycles. The largest absolute Gasteiger partial charge is 0.480 e. The summed E-state index contributed by atoms with van der Waals surface area (Å²) in [6.07, 6.45) is 3.92. The molecular formula is C17H26N6O6. The fourth-order valence-electron chi connectivity index (χ4n) is 3.06. The van der Waals surface area contributed by atoms with Crippen LogP contribution in [-0.4, -0.2) is 86.1 Å². The summed E-state index contributed by atoms with van der Waals surface area (Å²) >= 11 is 0. The molecule has 1 fully saturated rings. The quantitative estimate of drug-likeness (QED) is 0.254. The molecule has 12 nitrogen and oxygen atoms in total. The maximum atomic E-state index is 12.8. The molecule has 2 heterocycles. The Hall–Kier alpha value is -2.99. The minimum absolute atomic E-state index is 0.0563. The van der Waals surface area contributed by atoms with Gasteiger partial charge in [-0.15, -0.1) is 0 Å². The van der Waals surface area contributed by atoms with E-state index in [-0.39, 0.29) is 6.42 Å². The highest BCUT2D eigenvalue weighted by Crippen LogP contribution is 2.18. The first kappa shape index (κ1) is 22.3. The van der Waals surface area contributed by atoms with E-state index in [1.165, 1.54) is 24.3 Å². The molecule has 3 amide bonds. The monoisotopic (exact) mass is 410 g/mol. The maximum Gasteiger partial charge on any atom is 0.325 e. The molecule has 0 saturated carbocycles. The molecule has 0 aliphatic carbocycles. The van der Waals surface area contributed by atoms with Crippen LogP contribution in [0.15, 0.2) is 12.5 Å². The number of carboxylic acid groups (broad SMARTS) is 1. The summed E-state index contributed by atoms with van der Waals surface area (Å²) in [4.78, 5) is 56.6. The van der Waals surface area contributed by atoms with Crippen LogP contribution in [0.2, 0.25) is 0 Å². The van der Waals surface area contributed by atoms with Gasteiger partial charge in [-0.25, -0.2) is 4.98 Å². The number of hydrogen-bond acceptors (Lipinski definition) is 7. The van der Waals surface area contributed by atoms with Crippen molar-refractivity contribution in [2.24, 2.45) is 5.73 Å². The van der Waals surface area contributed by atoms with Crippen molar-refractivity contribution in [2.45, 2.75) is 50.4 Å². The summed E-state index contributed by atoms with van der Waals surface area (Å²) in [5.41, 5.74) is 6.14. The van der Waals surface area contributed by atoms with Gasteiger partial charge < -0.3 is 36.5 Å². The van der Waals surface area contributed by atoms with E-state index < -0.39 is 54.5 Å². The molecule has 2 rings (SSSR count). The summed E-state index contributed by atoms with van der Waals surface area (Å²) in [7, 11) is 0. The zero-order valence-electron chi connectivity index (χ0n) is 16.0. The standard InChI is InChI=1S/C17H26N6O6/c1-9(17(28)29)21-14(25)12(5-10-6-19-8-20-10)22-15(26)13-3-2-4-23(13)16(27)11(18)7-24/h6,8-9,11-13,24H,2-5,7,18H2,1H3,(H,19,20)(H,21,25)(H,22,26)(H,28,29). The van der Waals surface area contributed by atoms with Crippen LogP contribution >= 0.6 is 0 Å². The van der Waals surface area contributed by atoms with Gasteiger partial charge in [-0.2, -0.15) is 0 Å². The number of H-pyrrole nitrogens is 1. The first-order valence-electron chi connectivity index (χ1n) is 9.22. The van der Waals surface area contributed by atoms with Crippen molar-refractivity contribution >= 4 is 23.7 Å². The van der Waals surface area contributed by atoms with Crippen LogP contribution in [0.4, 0.5) is 0 Å². The lowest BCUT2D eigenvalue weighted by Crippen LogP contribution is -2.57. The lowest BCUT2D eigenvalue weighted by atomic mass is 10.1. The normalized spacial score (nSPS) is 19.3. The summed E-state index contributed by atoms with van der Waals surface area (Å²) < 4.78 is 0.